The summed E-state index contributed by atoms with van der Waals surface area (Å²) in [5.74, 6) is 1.78. The molecule has 0 spiro atoms. The summed E-state index contributed by atoms with van der Waals surface area (Å²) in [5, 5.41) is 2.97. The molecular formula is C15H24N2OS. The van der Waals surface area contributed by atoms with Gasteiger partial charge in [-0.1, -0.05) is 44.2 Å². The molecule has 0 aromatic heterocycles. The molecule has 1 rings (SSSR count). The topological polar surface area (TPSA) is 55.1 Å². The second kappa shape index (κ2) is 8.99. The Labute approximate surface area is 120 Å². The number of amides is 1. The zero-order valence-corrected chi connectivity index (χ0v) is 12.6. The number of hydrogen-bond donors (Lipinski definition) is 2. The van der Waals surface area contributed by atoms with E-state index in [-0.39, 0.29) is 11.9 Å². The average Bonchev–Trinajstić information content (AvgIpc) is 2.45. The Bertz CT molecular complexity index is 370. The van der Waals surface area contributed by atoms with Crippen molar-refractivity contribution in [2.45, 2.75) is 32.2 Å². The van der Waals surface area contributed by atoms with Crippen molar-refractivity contribution < 1.29 is 4.79 Å². The molecule has 0 bridgehead atoms. The van der Waals surface area contributed by atoms with Gasteiger partial charge >= 0.3 is 0 Å². The molecule has 3 nitrogen and oxygen atoms in total. The lowest BCUT2D eigenvalue weighted by Gasteiger charge is -2.13. The Balaban J connectivity index is 2.20. The van der Waals surface area contributed by atoms with Gasteiger partial charge in [-0.05, 0) is 17.9 Å². The normalized spacial score (nSPS) is 13.8. The summed E-state index contributed by atoms with van der Waals surface area (Å²) in [5.41, 5.74) is 7.06. The van der Waals surface area contributed by atoms with Crippen molar-refractivity contribution in [2.75, 3.05) is 18.1 Å². The number of hydrogen-bond acceptors (Lipinski definition) is 3. The van der Waals surface area contributed by atoms with Gasteiger partial charge in [0.25, 0.3) is 0 Å². The number of thioether (sulfide) groups is 1. The number of nitrogens with one attached hydrogen (secondary N) is 1. The molecular weight excluding hydrogens is 256 g/mol. The summed E-state index contributed by atoms with van der Waals surface area (Å²) < 4.78 is 0. The average molecular weight is 280 g/mol. The van der Waals surface area contributed by atoms with Gasteiger partial charge in [0, 0.05) is 18.3 Å². The zero-order chi connectivity index (χ0) is 14.1. The Morgan fingerprint density at radius 1 is 1.37 bits per heavy atom. The maximum Gasteiger partial charge on any atom is 0.230 e. The molecule has 0 saturated carbocycles. The third kappa shape index (κ3) is 6.64. The maximum absolute atomic E-state index is 11.7. The van der Waals surface area contributed by atoms with E-state index in [9.17, 15) is 4.79 Å². The van der Waals surface area contributed by atoms with E-state index in [0.29, 0.717) is 18.2 Å². The molecule has 19 heavy (non-hydrogen) atoms. The first-order valence-corrected chi connectivity index (χ1v) is 7.94. The van der Waals surface area contributed by atoms with Crippen LogP contribution >= 0.6 is 11.8 Å². The third-order valence-corrected chi connectivity index (χ3v) is 4.19. The van der Waals surface area contributed by atoms with Gasteiger partial charge in [0.05, 0.1) is 5.75 Å². The lowest BCUT2D eigenvalue weighted by molar-refractivity contribution is -0.118. The zero-order valence-electron chi connectivity index (χ0n) is 11.8. The summed E-state index contributed by atoms with van der Waals surface area (Å²) in [6.07, 6.45) is 0.958. The molecule has 0 aliphatic heterocycles. The molecule has 4 heteroatoms. The van der Waals surface area contributed by atoms with Crippen molar-refractivity contribution in [2.24, 2.45) is 5.73 Å². The molecule has 0 aliphatic carbocycles. The van der Waals surface area contributed by atoms with Crippen LogP contribution in [0.1, 0.15) is 31.7 Å². The van der Waals surface area contributed by atoms with Gasteiger partial charge in [-0.25, -0.2) is 0 Å². The van der Waals surface area contributed by atoms with Crippen molar-refractivity contribution in [1.82, 2.24) is 5.32 Å². The molecule has 106 valence electrons. The summed E-state index contributed by atoms with van der Waals surface area (Å²) in [6.45, 7) is 4.87. The molecule has 1 aromatic carbocycles. The number of rotatable bonds is 8. The van der Waals surface area contributed by atoms with E-state index < -0.39 is 0 Å². The predicted octanol–water partition coefficient (Wildman–Crippen LogP) is 2.38. The minimum atomic E-state index is 0.0936. The van der Waals surface area contributed by atoms with Crippen molar-refractivity contribution in [3.63, 3.8) is 0 Å². The molecule has 1 aromatic rings. The number of carbonyl (C=O) groups is 1. The molecule has 0 aliphatic rings. The van der Waals surface area contributed by atoms with Crippen LogP contribution in [0.4, 0.5) is 0 Å². The Morgan fingerprint density at radius 2 is 2.05 bits per heavy atom. The molecule has 0 heterocycles. The molecule has 0 radical (unpaired) electrons. The fourth-order valence-corrected chi connectivity index (χ4v) is 2.58. The second-order valence-corrected chi connectivity index (χ2v) is 5.83. The molecule has 2 atom stereocenters. The highest BCUT2D eigenvalue weighted by atomic mass is 32.2. The highest BCUT2D eigenvalue weighted by Crippen LogP contribution is 2.13. The van der Waals surface area contributed by atoms with Crippen molar-refractivity contribution in [3.05, 3.63) is 35.9 Å². The van der Waals surface area contributed by atoms with Gasteiger partial charge in [-0.15, -0.1) is 0 Å². The van der Waals surface area contributed by atoms with Crippen LogP contribution in [0.2, 0.25) is 0 Å². The summed E-state index contributed by atoms with van der Waals surface area (Å²) in [6, 6.07) is 10.4. The van der Waals surface area contributed by atoms with Gasteiger partial charge in [-0.2, -0.15) is 11.8 Å². The van der Waals surface area contributed by atoms with Crippen LogP contribution in [0.3, 0.4) is 0 Å². The quantitative estimate of drug-likeness (QED) is 0.768. The van der Waals surface area contributed by atoms with E-state index in [1.54, 1.807) is 11.8 Å². The van der Waals surface area contributed by atoms with E-state index in [2.05, 4.69) is 31.3 Å². The van der Waals surface area contributed by atoms with Crippen LogP contribution in [0.25, 0.3) is 0 Å². The lowest BCUT2D eigenvalue weighted by atomic mass is 10.0. The Hall–Kier alpha value is -1.00. The van der Waals surface area contributed by atoms with Gasteiger partial charge in [0.15, 0.2) is 0 Å². The molecule has 0 saturated heterocycles. The number of carbonyl (C=O) groups excluding carboxylic acids is 1. The monoisotopic (exact) mass is 280 g/mol. The van der Waals surface area contributed by atoms with Crippen LogP contribution < -0.4 is 11.1 Å². The first-order valence-electron chi connectivity index (χ1n) is 6.78. The number of benzene rings is 1. The lowest BCUT2D eigenvalue weighted by Crippen LogP contribution is -2.30. The molecule has 3 N–H and O–H groups in total. The van der Waals surface area contributed by atoms with Crippen molar-refractivity contribution in [1.29, 1.82) is 0 Å². The summed E-state index contributed by atoms with van der Waals surface area (Å²) in [4.78, 5) is 11.7. The van der Waals surface area contributed by atoms with Gasteiger partial charge in [0.2, 0.25) is 5.91 Å². The Kier molecular flexibility index (Phi) is 7.60. The first-order chi connectivity index (χ1) is 9.13. The van der Waals surface area contributed by atoms with Gasteiger partial charge in [0.1, 0.15) is 0 Å². The van der Waals surface area contributed by atoms with E-state index in [1.165, 1.54) is 5.56 Å². The van der Waals surface area contributed by atoms with Crippen molar-refractivity contribution >= 4 is 17.7 Å². The minimum Gasteiger partial charge on any atom is -0.355 e. The van der Waals surface area contributed by atoms with E-state index in [1.807, 2.05) is 18.2 Å². The van der Waals surface area contributed by atoms with Gasteiger partial charge in [-0.3, -0.25) is 4.79 Å². The first kappa shape index (κ1) is 16.1. The van der Waals surface area contributed by atoms with Crippen LogP contribution in [0.15, 0.2) is 30.3 Å². The van der Waals surface area contributed by atoms with E-state index in [0.717, 1.165) is 12.2 Å². The maximum atomic E-state index is 11.7. The van der Waals surface area contributed by atoms with E-state index >= 15 is 0 Å². The smallest absolute Gasteiger partial charge is 0.230 e. The molecule has 1 amide bonds. The van der Waals surface area contributed by atoms with Crippen LogP contribution in [-0.2, 0) is 4.79 Å². The Morgan fingerprint density at radius 3 is 2.68 bits per heavy atom. The van der Waals surface area contributed by atoms with E-state index in [4.69, 9.17) is 5.73 Å². The van der Waals surface area contributed by atoms with Crippen LogP contribution in [-0.4, -0.2) is 30.0 Å². The largest absolute Gasteiger partial charge is 0.355 e. The minimum absolute atomic E-state index is 0.0936. The summed E-state index contributed by atoms with van der Waals surface area (Å²) in [7, 11) is 0. The van der Waals surface area contributed by atoms with Crippen LogP contribution in [0.5, 0.6) is 0 Å². The second-order valence-electron chi connectivity index (χ2n) is 4.80. The predicted molar refractivity (Wildman–Crippen MR) is 83.5 cm³/mol. The SMILES string of the molecule is CCC(N)CSCC(=O)NCC(C)c1ccccc1. The fourth-order valence-electron chi connectivity index (χ4n) is 1.64. The van der Waals surface area contributed by atoms with Crippen LogP contribution in [0, 0.1) is 0 Å². The summed E-state index contributed by atoms with van der Waals surface area (Å²) >= 11 is 1.60. The highest BCUT2D eigenvalue weighted by Gasteiger charge is 2.08. The fraction of sp³-hybridized carbons (Fsp3) is 0.533. The third-order valence-electron chi connectivity index (χ3n) is 3.06. The number of nitrogens with two attached hydrogens (primary N) is 1. The van der Waals surface area contributed by atoms with Crippen molar-refractivity contribution in [3.8, 4) is 0 Å². The molecule has 0 fully saturated rings. The molecule has 2 unspecified atom stereocenters. The highest BCUT2D eigenvalue weighted by molar-refractivity contribution is 7.99. The van der Waals surface area contributed by atoms with Gasteiger partial charge < -0.3 is 11.1 Å². The standard InChI is InChI=1S/C15H24N2OS/c1-3-14(16)10-19-11-15(18)17-9-12(2)13-7-5-4-6-8-13/h4-8,12,14H,3,9-11,16H2,1-2H3,(H,17,18).